The molecule has 3 aromatic rings. The molecule has 164 valence electrons. The number of nitrogens with one attached hydrogen (secondary N) is 1. The van der Waals surface area contributed by atoms with Crippen LogP contribution in [0.2, 0.25) is 5.02 Å². The normalized spacial score (nSPS) is 10.8. The van der Waals surface area contributed by atoms with Crippen LogP contribution in [0.15, 0.2) is 77.9 Å². The number of carbonyl (C=O) groups excluding carboxylic acids is 1. The van der Waals surface area contributed by atoms with Crippen molar-refractivity contribution in [2.75, 3.05) is 5.75 Å². The van der Waals surface area contributed by atoms with Crippen molar-refractivity contribution in [2.45, 2.75) is 12.4 Å². The molecule has 1 N–H and O–H groups in total. The van der Waals surface area contributed by atoms with E-state index in [1.807, 2.05) is 36.4 Å². The van der Waals surface area contributed by atoms with Gasteiger partial charge in [-0.15, -0.1) is 11.8 Å². The minimum Gasteiger partial charge on any atom is -0.489 e. The van der Waals surface area contributed by atoms with Gasteiger partial charge in [0.25, 0.3) is 5.69 Å². The van der Waals surface area contributed by atoms with E-state index in [4.69, 9.17) is 16.3 Å². The van der Waals surface area contributed by atoms with Gasteiger partial charge in [-0.25, -0.2) is 5.43 Å². The van der Waals surface area contributed by atoms with E-state index in [-0.39, 0.29) is 17.3 Å². The van der Waals surface area contributed by atoms with Gasteiger partial charge in [-0.3, -0.25) is 14.9 Å². The fraction of sp³-hybridized carbons (Fsp3) is 0.130. The van der Waals surface area contributed by atoms with Crippen molar-refractivity contribution in [3.05, 3.63) is 105 Å². The molecule has 3 rings (SSSR count). The minimum absolute atomic E-state index is 0.0451. The lowest BCUT2D eigenvalue weighted by Gasteiger charge is -2.06. The van der Waals surface area contributed by atoms with Gasteiger partial charge in [-0.1, -0.05) is 29.8 Å². The summed E-state index contributed by atoms with van der Waals surface area (Å²) >= 11 is 7.56. The first-order chi connectivity index (χ1) is 15.5. The molecule has 0 fully saturated rings. The van der Waals surface area contributed by atoms with Crippen LogP contribution in [0.1, 0.15) is 16.7 Å². The van der Waals surface area contributed by atoms with E-state index in [2.05, 4.69) is 10.5 Å². The van der Waals surface area contributed by atoms with Gasteiger partial charge in [-0.05, 0) is 59.2 Å². The number of hydrogen-bond acceptors (Lipinski definition) is 6. The van der Waals surface area contributed by atoms with E-state index in [0.717, 1.165) is 16.7 Å². The molecule has 3 aromatic carbocycles. The van der Waals surface area contributed by atoms with Crippen molar-refractivity contribution in [2.24, 2.45) is 5.10 Å². The van der Waals surface area contributed by atoms with Crippen molar-refractivity contribution in [3.8, 4) is 5.75 Å². The molecule has 7 nitrogen and oxygen atoms in total. The summed E-state index contributed by atoms with van der Waals surface area (Å²) < 4.78 is 5.68. The van der Waals surface area contributed by atoms with Crippen LogP contribution in [0.5, 0.6) is 5.75 Å². The lowest BCUT2D eigenvalue weighted by Crippen LogP contribution is -2.19. The lowest BCUT2D eigenvalue weighted by atomic mass is 10.2. The first kappa shape index (κ1) is 23.3. The van der Waals surface area contributed by atoms with Crippen molar-refractivity contribution in [1.29, 1.82) is 0 Å². The Morgan fingerprint density at radius 3 is 2.50 bits per heavy atom. The summed E-state index contributed by atoms with van der Waals surface area (Å²) in [7, 11) is 0. The number of rotatable bonds is 10. The third kappa shape index (κ3) is 7.40. The van der Waals surface area contributed by atoms with E-state index in [0.29, 0.717) is 23.1 Å². The van der Waals surface area contributed by atoms with Crippen LogP contribution in [0.3, 0.4) is 0 Å². The highest BCUT2D eigenvalue weighted by atomic mass is 35.5. The first-order valence-corrected chi connectivity index (χ1v) is 11.1. The third-order valence-electron chi connectivity index (χ3n) is 4.28. The molecule has 0 saturated heterocycles. The molecule has 0 spiro atoms. The van der Waals surface area contributed by atoms with Crippen molar-refractivity contribution < 1.29 is 14.5 Å². The number of nitro groups is 1. The van der Waals surface area contributed by atoms with Crippen molar-refractivity contribution in [1.82, 2.24) is 5.43 Å². The van der Waals surface area contributed by atoms with Crippen molar-refractivity contribution in [3.63, 3.8) is 0 Å². The Bertz CT molecular complexity index is 1090. The van der Waals surface area contributed by atoms with Crippen LogP contribution in [0, 0.1) is 10.1 Å². The Hall–Kier alpha value is -3.36. The Morgan fingerprint density at radius 1 is 1.09 bits per heavy atom. The molecule has 1 amide bonds. The van der Waals surface area contributed by atoms with E-state index in [1.165, 1.54) is 23.9 Å². The average Bonchev–Trinajstić information content (AvgIpc) is 2.80. The molecule has 0 atom stereocenters. The molecule has 0 heterocycles. The number of ether oxygens (including phenoxy) is 1. The number of non-ortho nitro benzene ring substituents is 1. The molecule has 0 aliphatic rings. The molecule has 0 aliphatic carbocycles. The summed E-state index contributed by atoms with van der Waals surface area (Å²) in [5.74, 6) is 1.39. The van der Waals surface area contributed by atoms with E-state index in [9.17, 15) is 14.9 Å². The first-order valence-electron chi connectivity index (χ1n) is 9.60. The highest BCUT2D eigenvalue weighted by Gasteiger charge is 2.05. The summed E-state index contributed by atoms with van der Waals surface area (Å²) in [6.07, 6.45) is 1.55. The maximum Gasteiger partial charge on any atom is 0.269 e. The van der Waals surface area contributed by atoms with Gasteiger partial charge >= 0.3 is 0 Å². The molecular formula is C23H20ClN3O4S. The Balaban J connectivity index is 1.39. The Kier molecular flexibility index (Phi) is 8.65. The highest BCUT2D eigenvalue weighted by molar-refractivity contribution is 7.99. The number of benzene rings is 3. The van der Waals surface area contributed by atoms with Crippen LogP contribution in [-0.4, -0.2) is 22.8 Å². The van der Waals surface area contributed by atoms with Gasteiger partial charge < -0.3 is 4.74 Å². The number of nitrogens with zero attached hydrogens (tertiary/aromatic N) is 2. The molecule has 0 saturated carbocycles. The van der Waals surface area contributed by atoms with Gasteiger partial charge in [-0.2, -0.15) is 5.10 Å². The zero-order valence-electron chi connectivity index (χ0n) is 16.9. The minimum atomic E-state index is -0.438. The zero-order chi connectivity index (χ0) is 22.8. The molecule has 0 radical (unpaired) electrons. The number of nitro benzene ring substituents is 1. The topological polar surface area (TPSA) is 93.8 Å². The number of halogens is 1. The zero-order valence-corrected chi connectivity index (χ0v) is 18.5. The highest BCUT2D eigenvalue weighted by Crippen LogP contribution is 2.20. The molecular weight excluding hydrogens is 450 g/mol. The summed E-state index contributed by atoms with van der Waals surface area (Å²) in [4.78, 5) is 22.1. The molecule has 0 bridgehead atoms. The molecule has 0 aromatic heterocycles. The second-order valence-corrected chi connectivity index (χ2v) is 8.05. The maximum atomic E-state index is 11.9. The smallest absolute Gasteiger partial charge is 0.269 e. The molecule has 0 aliphatic heterocycles. The third-order valence-corrected chi connectivity index (χ3v) is 5.63. The number of hydrazone groups is 1. The van der Waals surface area contributed by atoms with Crippen LogP contribution in [0.4, 0.5) is 5.69 Å². The van der Waals surface area contributed by atoms with Gasteiger partial charge in [0.05, 0.1) is 16.9 Å². The largest absolute Gasteiger partial charge is 0.489 e. The molecule has 32 heavy (non-hydrogen) atoms. The van der Waals surface area contributed by atoms with Crippen LogP contribution < -0.4 is 10.2 Å². The molecule has 0 unspecified atom stereocenters. The van der Waals surface area contributed by atoms with Gasteiger partial charge in [0.15, 0.2) is 0 Å². The fourth-order valence-electron chi connectivity index (χ4n) is 2.61. The summed E-state index contributed by atoms with van der Waals surface area (Å²) in [6, 6.07) is 21.0. The van der Waals surface area contributed by atoms with Crippen LogP contribution >= 0.6 is 23.4 Å². The standard InChI is InChI=1S/C23H20ClN3O4S/c24-22-4-2-1-3-19(22)15-32-16-23(28)26-25-13-17-7-11-21(12-8-17)31-14-18-5-9-20(10-6-18)27(29)30/h1-13H,14-16H2,(H,26,28). The SMILES string of the molecule is O=C(CSCc1ccccc1Cl)NN=Cc1ccc(OCc2ccc([N+](=O)[O-])cc2)cc1. The average molecular weight is 470 g/mol. The van der Waals surface area contributed by atoms with E-state index < -0.39 is 4.92 Å². The Labute approximate surface area is 194 Å². The monoisotopic (exact) mass is 469 g/mol. The lowest BCUT2D eigenvalue weighted by molar-refractivity contribution is -0.384. The van der Waals surface area contributed by atoms with Gasteiger partial charge in [0, 0.05) is 22.9 Å². The van der Waals surface area contributed by atoms with E-state index in [1.54, 1.807) is 30.5 Å². The van der Waals surface area contributed by atoms with Gasteiger partial charge in [0.1, 0.15) is 12.4 Å². The summed E-state index contributed by atoms with van der Waals surface area (Å²) in [5.41, 5.74) is 5.17. The maximum absolute atomic E-state index is 11.9. The molecule has 9 heteroatoms. The Morgan fingerprint density at radius 2 is 1.81 bits per heavy atom. The number of hydrogen-bond donors (Lipinski definition) is 1. The predicted octanol–water partition coefficient (Wildman–Crippen LogP) is 5.21. The second kappa shape index (κ2) is 11.9. The fourth-order valence-corrected chi connectivity index (χ4v) is 3.72. The van der Waals surface area contributed by atoms with Crippen molar-refractivity contribution >= 4 is 41.2 Å². The second-order valence-electron chi connectivity index (χ2n) is 6.66. The summed E-state index contributed by atoms with van der Waals surface area (Å²) in [5, 5.41) is 15.3. The van der Waals surface area contributed by atoms with Crippen LogP contribution in [0.25, 0.3) is 0 Å². The van der Waals surface area contributed by atoms with E-state index >= 15 is 0 Å². The predicted molar refractivity (Wildman–Crippen MR) is 127 cm³/mol. The van der Waals surface area contributed by atoms with Gasteiger partial charge in [0.2, 0.25) is 5.91 Å². The quantitative estimate of drug-likeness (QED) is 0.250. The number of amides is 1. The summed E-state index contributed by atoms with van der Waals surface area (Å²) in [6.45, 7) is 0.299. The number of carbonyl (C=O) groups is 1. The number of thioether (sulfide) groups is 1. The van der Waals surface area contributed by atoms with Crippen LogP contribution in [-0.2, 0) is 17.2 Å².